The number of carbonyl (C=O) groups excluding carboxylic acids is 1. The van der Waals surface area contributed by atoms with Crippen molar-refractivity contribution in [1.82, 2.24) is 0 Å². The lowest BCUT2D eigenvalue weighted by Crippen LogP contribution is -2.23. The Bertz CT molecular complexity index is 389. The molecule has 18 heavy (non-hydrogen) atoms. The van der Waals surface area contributed by atoms with Crippen molar-refractivity contribution in [3.05, 3.63) is 35.9 Å². The Balaban J connectivity index is 2.43. The summed E-state index contributed by atoms with van der Waals surface area (Å²) in [6, 6.07) is 9.66. The van der Waals surface area contributed by atoms with Crippen LogP contribution in [0.5, 0.6) is 0 Å². The topological polar surface area (TPSA) is 57.1 Å². The maximum atomic E-state index is 11.5. The van der Waals surface area contributed by atoms with Gasteiger partial charge >= 0.3 is 5.97 Å². The van der Waals surface area contributed by atoms with Crippen molar-refractivity contribution >= 4 is 11.7 Å². The SMILES string of the molecule is CCOC(=O)C(COCc1ccccc1)=NOC. The van der Waals surface area contributed by atoms with Crippen molar-refractivity contribution < 1.29 is 19.1 Å². The molecule has 0 atom stereocenters. The van der Waals surface area contributed by atoms with Gasteiger partial charge in [-0.25, -0.2) is 4.79 Å². The summed E-state index contributed by atoms with van der Waals surface area (Å²) in [5.41, 5.74) is 1.15. The van der Waals surface area contributed by atoms with E-state index in [0.717, 1.165) is 5.56 Å². The average Bonchev–Trinajstić information content (AvgIpc) is 2.39. The van der Waals surface area contributed by atoms with E-state index in [4.69, 9.17) is 9.47 Å². The van der Waals surface area contributed by atoms with Crippen molar-refractivity contribution in [3.8, 4) is 0 Å². The molecule has 1 aromatic rings. The van der Waals surface area contributed by atoms with Crippen molar-refractivity contribution in [1.29, 1.82) is 0 Å². The zero-order valence-electron chi connectivity index (χ0n) is 10.6. The highest BCUT2D eigenvalue weighted by atomic mass is 16.6. The van der Waals surface area contributed by atoms with Crippen LogP contribution in [0.1, 0.15) is 12.5 Å². The monoisotopic (exact) mass is 251 g/mol. The highest BCUT2D eigenvalue weighted by Gasteiger charge is 2.13. The number of nitrogens with zero attached hydrogens (tertiary/aromatic N) is 1. The Hall–Kier alpha value is -1.88. The molecule has 0 heterocycles. The third-order valence-corrected chi connectivity index (χ3v) is 2.06. The summed E-state index contributed by atoms with van der Waals surface area (Å²) in [5.74, 6) is -0.521. The summed E-state index contributed by atoms with van der Waals surface area (Å²) in [6.07, 6.45) is 0. The number of hydrogen-bond acceptors (Lipinski definition) is 5. The Morgan fingerprint density at radius 2 is 2.00 bits per heavy atom. The number of rotatable bonds is 7. The second-order valence-electron chi connectivity index (χ2n) is 3.42. The molecule has 0 amide bonds. The fraction of sp³-hybridized carbons (Fsp3) is 0.385. The minimum atomic E-state index is -0.521. The number of carbonyl (C=O) groups is 1. The molecule has 0 saturated carbocycles. The molecular formula is C13H17NO4. The van der Waals surface area contributed by atoms with Gasteiger partial charge in [0, 0.05) is 0 Å². The van der Waals surface area contributed by atoms with Gasteiger partial charge in [-0.1, -0.05) is 35.5 Å². The minimum absolute atomic E-state index is 0.0571. The number of ether oxygens (including phenoxy) is 2. The molecule has 5 heteroatoms. The molecule has 1 aromatic carbocycles. The van der Waals surface area contributed by atoms with Crippen molar-refractivity contribution in [2.45, 2.75) is 13.5 Å². The summed E-state index contributed by atoms with van der Waals surface area (Å²) >= 11 is 0. The van der Waals surface area contributed by atoms with Crippen LogP contribution < -0.4 is 0 Å². The van der Waals surface area contributed by atoms with Gasteiger partial charge in [-0.15, -0.1) is 0 Å². The zero-order valence-corrected chi connectivity index (χ0v) is 10.6. The lowest BCUT2D eigenvalue weighted by Gasteiger charge is -2.06. The minimum Gasteiger partial charge on any atom is -0.461 e. The normalized spacial score (nSPS) is 11.1. The van der Waals surface area contributed by atoms with Gasteiger partial charge in [0.15, 0.2) is 5.71 Å². The second kappa shape index (κ2) is 8.25. The largest absolute Gasteiger partial charge is 0.461 e. The summed E-state index contributed by atoms with van der Waals surface area (Å²) in [5, 5.41) is 3.59. The number of benzene rings is 1. The summed E-state index contributed by atoms with van der Waals surface area (Å²) in [6.45, 7) is 2.48. The summed E-state index contributed by atoms with van der Waals surface area (Å²) < 4.78 is 10.2. The van der Waals surface area contributed by atoms with Gasteiger partial charge in [0.25, 0.3) is 0 Å². The molecule has 0 aromatic heterocycles. The summed E-state index contributed by atoms with van der Waals surface area (Å²) in [7, 11) is 1.37. The molecule has 0 saturated heterocycles. The van der Waals surface area contributed by atoms with Crippen molar-refractivity contribution in [2.75, 3.05) is 20.3 Å². The maximum absolute atomic E-state index is 11.5. The summed E-state index contributed by atoms with van der Waals surface area (Å²) in [4.78, 5) is 16.0. The van der Waals surface area contributed by atoms with Crippen LogP contribution >= 0.6 is 0 Å². The van der Waals surface area contributed by atoms with E-state index in [1.807, 2.05) is 30.3 Å². The zero-order chi connectivity index (χ0) is 13.2. The van der Waals surface area contributed by atoms with E-state index < -0.39 is 5.97 Å². The van der Waals surface area contributed by atoms with E-state index in [2.05, 4.69) is 9.99 Å². The molecule has 0 bridgehead atoms. The van der Waals surface area contributed by atoms with Crippen LogP contribution in [0.25, 0.3) is 0 Å². The molecule has 5 nitrogen and oxygen atoms in total. The van der Waals surface area contributed by atoms with E-state index in [1.165, 1.54) is 7.11 Å². The van der Waals surface area contributed by atoms with Gasteiger partial charge in [0.05, 0.1) is 13.2 Å². The van der Waals surface area contributed by atoms with Gasteiger partial charge in [0.2, 0.25) is 0 Å². The van der Waals surface area contributed by atoms with Crippen LogP contribution in [-0.4, -0.2) is 32.0 Å². The lowest BCUT2D eigenvalue weighted by molar-refractivity contribution is -0.135. The van der Waals surface area contributed by atoms with Gasteiger partial charge in [-0.3, -0.25) is 0 Å². The van der Waals surface area contributed by atoms with Gasteiger partial charge in [-0.05, 0) is 12.5 Å². The smallest absolute Gasteiger partial charge is 0.358 e. The fourth-order valence-electron chi connectivity index (χ4n) is 1.29. The predicted octanol–water partition coefficient (Wildman–Crippen LogP) is 1.77. The third-order valence-electron chi connectivity index (χ3n) is 2.06. The molecule has 0 N–H and O–H groups in total. The first-order valence-corrected chi connectivity index (χ1v) is 5.66. The van der Waals surface area contributed by atoms with Crippen LogP contribution in [0.2, 0.25) is 0 Å². The van der Waals surface area contributed by atoms with E-state index in [0.29, 0.717) is 13.2 Å². The van der Waals surface area contributed by atoms with E-state index in [9.17, 15) is 4.79 Å². The number of oxime groups is 1. The molecule has 0 spiro atoms. The molecule has 0 aliphatic heterocycles. The van der Waals surface area contributed by atoms with E-state index in [-0.39, 0.29) is 12.3 Å². The number of hydrogen-bond donors (Lipinski definition) is 0. The standard InChI is InChI=1S/C13H17NO4/c1-3-18-13(15)12(14-16-2)10-17-9-11-7-5-4-6-8-11/h4-8H,3,9-10H2,1-2H3. The lowest BCUT2D eigenvalue weighted by atomic mass is 10.2. The Kier molecular flexibility index (Phi) is 6.50. The first-order chi connectivity index (χ1) is 8.77. The highest BCUT2D eigenvalue weighted by Crippen LogP contribution is 2.01. The molecule has 1 rings (SSSR count). The quantitative estimate of drug-likeness (QED) is 0.421. The van der Waals surface area contributed by atoms with E-state index >= 15 is 0 Å². The van der Waals surface area contributed by atoms with Crippen LogP contribution in [0.15, 0.2) is 35.5 Å². The van der Waals surface area contributed by atoms with E-state index in [1.54, 1.807) is 6.92 Å². The fourth-order valence-corrected chi connectivity index (χ4v) is 1.29. The maximum Gasteiger partial charge on any atom is 0.358 e. The van der Waals surface area contributed by atoms with Gasteiger partial charge < -0.3 is 14.3 Å². The molecule has 0 aliphatic rings. The van der Waals surface area contributed by atoms with Gasteiger partial charge in [-0.2, -0.15) is 0 Å². The number of esters is 1. The molecule has 0 aliphatic carbocycles. The van der Waals surface area contributed by atoms with Crippen molar-refractivity contribution in [2.24, 2.45) is 5.16 Å². The molecule has 0 fully saturated rings. The Labute approximate surface area is 106 Å². The second-order valence-corrected chi connectivity index (χ2v) is 3.42. The van der Waals surface area contributed by atoms with Gasteiger partial charge in [0.1, 0.15) is 13.7 Å². The first kappa shape index (κ1) is 14.2. The molecule has 0 radical (unpaired) electrons. The Morgan fingerprint density at radius 1 is 1.28 bits per heavy atom. The Morgan fingerprint density at radius 3 is 2.61 bits per heavy atom. The highest BCUT2D eigenvalue weighted by molar-refractivity contribution is 6.36. The predicted molar refractivity (Wildman–Crippen MR) is 67.2 cm³/mol. The first-order valence-electron chi connectivity index (χ1n) is 5.66. The molecular weight excluding hydrogens is 234 g/mol. The van der Waals surface area contributed by atoms with Crippen molar-refractivity contribution in [3.63, 3.8) is 0 Å². The van der Waals surface area contributed by atoms with Crippen LogP contribution in [0.4, 0.5) is 0 Å². The molecule has 0 unspecified atom stereocenters. The average molecular weight is 251 g/mol. The molecule has 98 valence electrons. The van der Waals surface area contributed by atoms with Crippen LogP contribution in [0, 0.1) is 0 Å². The third kappa shape index (κ3) is 4.97. The van der Waals surface area contributed by atoms with Crippen LogP contribution in [0.3, 0.4) is 0 Å². The van der Waals surface area contributed by atoms with Crippen LogP contribution in [-0.2, 0) is 25.7 Å².